The lowest BCUT2D eigenvalue weighted by molar-refractivity contribution is 0.389. The second-order valence-electron chi connectivity index (χ2n) is 3.02. The van der Waals surface area contributed by atoms with Crippen molar-refractivity contribution in [3.8, 4) is 11.5 Å². The van der Waals surface area contributed by atoms with Crippen molar-refractivity contribution in [1.82, 2.24) is 0 Å². The molecule has 0 saturated heterocycles. The number of hydrogen-bond acceptors (Lipinski definition) is 3. The van der Waals surface area contributed by atoms with Gasteiger partial charge in [-0.15, -0.1) is 12.4 Å². The summed E-state index contributed by atoms with van der Waals surface area (Å²) in [6, 6.07) is 3.39. The average Bonchev–Trinajstić information content (AvgIpc) is 2.17. The Hall–Kier alpha value is -0.640. The number of hydrogen-bond donors (Lipinski definition) is 1. The lowest BCUT2D eigenvalue weighted by Gasteiger charge is -2.14. The molecule has 5 heteroatoms. The van der Waals surface area contributed by atoms with Crippen LogP contribution in [0.4, 0.5) is 0 Å². The molecule has 0 heterocycles. The van der Waals surface area contributed by atoms with Gasteiger partial charge in [-0.25, -0.2) is 0 Å². The highest BCUT2D eigenvalue weighted by Crippen LogP contribution is 2.34. The molecule has 1 aromatic carbocycles. The van der Waals surface area contributed by atoms with Gasteiger partial charge in [-0.3, -0.25) is 0 Å². The number of benzene rings is 1. The van der Waals surface area contributed by atoms with Crippen molar-refractivity contribution in [2.45, 2.75) is 13.0 Å². The summed E-state index contributed by atoms with van der Waals surface area (Å²) in [5.74, 6) is 1.29. The van der Waals surface area contributed by atoms with Crippen molar-refractivity contribution in [2.75, 3.05) is 14.2 Å². The highest BCUT2D eigenvalue weighted by atomic mass is 35.5. The highest BCUT2D eigenvalue weighted by Gasteiger charge is 2.12. The van der Waals surface area contributed by atoms with Crippen molar-refractivity contribution in [2.24, 2.45) is 5.73 Å². The second-order valence-corrected chi connectivity index (χ2v) is 3.42. The maximum absolute atomic E-state index is 5.97. The van der Waals surface area contributed by atoms with Crippen LogP contribution >= 0.6 is 24.0 Å². The zero-order valence-electron chi connectivity index (χ0n) is 8.91. The highest BCUT2D eigenvalue weighted by molar-refractivity contribution is 6.32. The quantitative estimate of drug-likeness (QED) is 0.899. The number of halogens is 2. The molecule has 0 spiro atoms. The first kappa shape index (κ1) is 14.4. The van der Waals surface area contributed by atoms with Crippen molar-refractivity contribution < 1.29 is 9.47 Å². The van der Waals surface area contributed by atoms with Gasteiger partial charge in [-0.1, -0.05) is 11.6 Å². The lowest BCUT2D eigenvalue weighted by atomic mass is 10.1. The fourth-order valence-corrected chi connectivity index (χ4v) is 1.49. The van der Waals surface area contributed by atoms with Crippen LogP contribution in [-0.2, 0) is 0 Å². The third-order valence-electron chi connectivity index (χ3n) is 1.99. The van der Waals surface area contributed by atoms with Crippen LogP contribution in [0.1, 0.15) is 18.5 Å². The first-order valence-corrected chi connectivity index (χ1v) is 4.65. The molecule has 1 atom stereocenters. The molecular formula is C10H15Cl2NO2. The van der Waals surface area contributed by atoms with E-state index in [2.05, 4.69) is 0 Å². The largest absolute Gasteiger partial charge is 0.496 e. The third kappa shape index (κ3) is 3.16. The monoisotopic (exact) mass is 251 g/mol. The van der Waals surface area contributed by atoms with Gasteiger partial charge in [0.25, 0.3) is 0 Å². The van der Waals surface area contributed by atoms with Gasteiger partial charge < -0.3 is 15.2 Å². The van der Waals surface area contributed by atoms with Crippen molar-refractivity contribution in [3.05, 3.63) is 22.7 Å². The minimum atomic E-state index is -0.117. The second kappa shape index (κ2) is 6.05. The molecule has 2 N–H and O–H groups in total. The molecule has 0 saturated carbocycles. The molecule has 0 aliphatic heterocycles. The summed E-state index contributed by atoms with van der Waals surface area (Å²) in [7, 11) is 3.15. The Morgan fingerprint density at radius 3 is 2.13 bits per heavy atom. The minimum absolute atomic E-state index is 0. The Morgan fingerprint density at radius 2 is 1.73 bits per heavy atom. The standard InChI is InChI=1S/C10H14ClNO2.ClH/c1-6(12)7-4-8(11)10(14-3)5-9(7)13-2;/h4-6H,12H2,1-3H3;1H/t6-;/m0./s1. The molecular weight excluding hydrogens is 237 g/mol. The van der Waals surface area contributed by atoms with Crippen molar-refractivity contribution >= 4 is 24.0 Å². The van der Waals surface area contributed by atoms with Crippen LogP contribution in [0.15, 0.2) is 12.1 Å². The van der Waals surface area contributed by atoms with Crippen LogP contribution < -0.4 is 15.2 Å². The summed E-state index contributed by atoms with van der Waals surface area (Å²) in [4.78, 5) is 0. The fraction of sp³-hybridized carbons (Fsp3) is 0.400. The van der Waals surface area contributed by atoms with Gasteiger partial charge in [-0.05, 0) is 13.0 Å². The van der Waals surface area contributed by atoms with E-state index in [4.69, 9.17) is 26.8 Å². The van der Waals surface area contributed by atoms with Crippen LogP contribution in [-0.4, -0.2) is 14.2 Å². The third-order valence-corrected chi connectivity index (χ3v) is 2.29. The van der Waals surface area contributed by atoms with Crippen LogP contribution in [0, 0.1) is 0 Å². The Bertz CT molecular complexity index is 329. The molecule has 0 fully saturated rings. The normalized spacial score (nSPS) is 11.5. The van der Waals surface area contributed by atoms with Crippen LogP contribution in [0.25, 0.3) is 0 Å². The molecule has 0 aliphatic carbocycles. The van der Waals surface area contributed by atoms with E-state index in [9.17, 15) is 0 Å². The maximum atomic E-state index is 5.97. The number of rotatable bonds is 3. The molecule has 1 aromatic rings. The van der Waals surface area contributed by atoms with E-state index in [0.717, 1.165) is 5.56 Å². The summed E-state index contributed by atoms with van der Waals surface area (Å²) >= 11 is 5.97. The maximum Gasteiger partial charge on any atom is 0.141 e. The van der Waals surface area contributed by atoms with Crippen LogP contribution in [0.3, 0.4) is 0 Å². The molecule has 3 nitrogen and oxygen atoms in total. The molecule has 0 amide bonds. The molecule has 1 rings (SSSR count). The van der Waals surface area contributed by atoms with E-state index in [1.807, 2.05) is 6.92 Å². The van der Waals surface area contributed by atoms with E-state index in [1.54, 1.807) is 26.4 Å². The minimum Gasteiger partial charge on any atom is -0.496 e. The predicted molar refractivity (Wildman–Crippen MR) is 64.4 cm³/mol. The van der Waals surface area contributed by atoms with Gasteiger partial charge in [0.15, 0.2) is 0 Å². The van der Waals surface area contributed by atoms with Gasteiger partial charge in [0, 0.05) is 17.7 Å². The lowest BCUT2D eigenvalue weighted by Crippen LogP contribution is -2.07. The molecule has 0 aromatic heterocycles. The summed E-state index contributed by atoms with van der Waals surface area (Å²) < 4.78 is 10.3. The average molecular weight is 252 g/mol. The zero-order chi connectivity index (χ0) is 10.7. The molecule has 86 valence electrons. The Morgan fingerprint density at radius 1 is 1.20 bits per heavy atom. The van der Waals surface area contributed by atoms with E-state index in [-0.39, 0.29) is 18.4 Å². The SMILES string of the molecule is COc1cc(OC)c([C@H](C)N)cc1Cl.Cl. The summed E-state index contributed by atoms with van der Waals surface area (Å²) in [6.07, 6.45) is 0. The Kier molecular flexibility index (Phi) is 5.80. The van der Waals surface area contributed by atoms with E-state index >= 15 is 0 Å². The number of methoxy groups -OCH3 is 2. The topological polar surface area (TPSA) is 44.5 Å². The molecule has 0 unspecified atom stereocenters. The fourth-order valence-electron chi connectivity index (χ4n) is 1.24. The zero-order valence-corrected chi connectivity index (χ0v) is 10.5. The van der Waals surface area contributed by atoms with Gasteiger partial charge >= 0.3 is 0 Å². The predicted octanol–water partition coefficient (Wildman–Crippen LogP) is 2.80. The summed E-state index contributed by atoms with van der Waals surface area (Å²) in [5.41, 5.74) is 6.64. The molecule has 15 heavy (non-hydrogen) atoms. The van der Waals surface area contributed by atoms with E-state index in [0.29, 0.717) is 16.5 Å². The summed E-state index contributed by atoms with van der Waals surface area (Å²) in [5, 5.41) is 0.542. The Balaban J connectivity index is 0.00000196. The van der Waals surface area contributed by atoms with Crippen molar-refractivity contribution in [1.29, 1.82) is 0 Å². The van der Waals surface area contributed by atoms with Gasteiger partial charge in [-0.2, -0.15) is 0 Å². The van der Waals surface area contributed by atoms with Crippen molar-refractivity contribution in [3.63, 3.8) is 0 Å². The van der Waals surface area contributed by atoms with Gasteiger partial charge in [0.05, 0.1) is 19.2 Å². The van der Waals surface area contributed by atoms with E-state index in [1.165, 1.54) is 0 Å². The smallest absolute Gasteiger partial charge is 0.141 e. The number of nitrogens with two attached hydrogens (primary N) is 1. The first-order chi connectivity index (χ1) is 6.60. The molecule has 0 radical (unpaired) electrons. The molecule has 0 aliphatic rings. The Labute approximate surface area is 101 Å². The molecule has 0 bridgehead atoms. The van der Waals surface area contributed by atoms with E-state index < -0.39 is 0 Å². The van der Waals surface area contributed by atoms with Crippen LogP contribution in [0.5, 0.6) is 11.5 Å². The summed E-state index contributed by atoms with van der Waals surface area (Å²) in [6.45, 7) is 1.88. The van der Waals surface area contributed by atoms with Crippen LogP contribution in [0.2, 0.25) is 5.02 Å². The number of ether oxygens (including phenoxy) is 2. The first-order valence-electron chi connectivity index (χ1n) is 4.27. The van der Waals surface area contributed by atoms with Gasteiger partial charge in [0.2, 0.25) is 0 Å². The van der Waals surface area contributed by atoms with Gasteiger partial charge in [0.1, 0.15) is 11.5 Å².